The van der Waals surface area contributed by atoms with Crippen LogP contribution in [0.5, 0.6) is 0 Å². The second-order valence-electron chi connectivity index (χ2n) is 5.75. The van der Waals surface area contributed by atoms with E-state index in [1.54, 1.807) is 11.8 Å². The highest BCUT2D eigenvalue weighted by Crippen LogP contribution is 2.31. The fourth-order valence-electron chi connectivity index (χ4n) is 2.54. The van der Waals surface area contributed by atoms with Gasteiger partial charge in [-0.25, -0.2) is 17.8 Å². The van der Waals surface area contributed by atoms with Crippen LogP contribution >= 0.6 is 0 Å². The summed E-state index contributed by atoms with van der Waals surface area (Å²) < 4.78 is 39.0. The summed E-state index contributed by atoms with van der Waals surface area (Å²) in [6, 6.07) is 1.42. The van der Waals surface area contributed by atoms with Crippen LogP contribution in [0.25, 0.3) is 0 Å². The highest BCUT2D eigenvalue weighted by molar-refractivity contribution is 7.90. The van der Waals surface area contributed by atoms with Gasteiger partial charge in [0.05, 0.1) is 11.4 Å². The Labute approximate surface area is 129 Å². The predicted octanol–water partition coefficient (Wildman–Crippen LogP) is 0.779. The zero-order chi connectivity index (χ0) is 15.9. The first-order valence-corrected chi connectivity index (χ1v) is 8.80. The van der Waals surface area contributed by atoms with Gasteiger partial charge in [-0.15, -0.1) is 0 Å². The number of piperazine rings is 1. The Bertz CT molecular complexity index is 695. The molecule has 2 fully saturated rings. The quantitative estimate of drug-likeness (QED) is 0.822. The highest BCUT2D eigenvalue weighted by Gasteiger charge is 2.41. The van der Waals surface area contributed by atoms with E-state index in [9.17, 15) is 17.6 Å². The SMILES string of the molecule is Cc1cc(C(=O)N2CCN(S(=O)(=O)C3CC3)CC2)ncc1F. The number of carbonyl (C=O) groups excluding carboxylic acids is 1. The van der Waals surface area contributed by atoms with Gasteiger partial charge in [0.1, 0.15) is 11.5 Å². The number of aryl methyl sites for hydroxylation is 1. The van der Waals surface area contributed by atoms with Gasteiger partial charge in [0.15, 0.2) is 0 Å². The van der Waals surface area contributed by atoms with Crippen molar-refractivity contribution in [2.24, 2.45) is 0 Å². The van der Waals surface area contributed by atoms with Crippen molar-refractivity contribution >= 4 is 15.9 Å². The zero-order valence-corrected chi connectivity index (χ0v) is 13.1. The summed E-state index contributed by atoms with van der Waals surface area (Å²) in [7, 11) is -3.18. The summed E-state index contributed by atoms with van der Waals surface area (Å²) in [6.07, 6.45) is 2.51. The summed E-state index contributed by atoms with van der Waals surface area (Å²) in [6.45, 7) is 2.87. The van der Waals surface area contributed by atoms with Crippen LogP contribution in [0.2, 0.25) is 0 Å². The minimum atomic E-state index is -3.18. The molecule has 0 N–H and O–H groups in total. The van der Waals surface area contributed by atoms with Crippen LogP contribution in [0.3, 0.4) is 0 Å². The predicted molar refractivity (Wildman–Crippen MR) is 78.4 cm³/mol. The van der Waals surface area contributed by atoms with E-state index in [1.807, 2.05) is 0 Å². The van der Waals surface area contributed by atoms with E-state index in [0.29, 0.717) is 31.7 Å². The van der Waals surface area contributed by atoms with Gasteiger partial charge < -0.3 is 4.90 Å². The number of halogens is 1. The molecule has 2 heterocycles. The second-order valence-corrected chi connectivity index (χ2v) is 7.97. The van der Waals surface area contributed by atoms with Crippen molar-refractivity contribution in [1.82, 2.24) is 14.2 Å². The number of pyridine rings is 1. The topological polar surface area (TPSA) is 70.6 Å². The van der Waals surface area contributed by atoms with Crippen LogP contribution in [0.15, 0.2) is 12.3 Å². The molecule has 1 aliphatic heterocycles. The molecule has 0 bridgehead atoms. The maximum absolute atomic E-state index is 13.2. The van der Waals surface area contributed by atoms with Crippen LogP contribution in [0.1, 0.15) is 28.9 Å². The number of aromatic nitrogens is 1. The molecule has 0 radical (unpaired) electrons. The third-order valence-corrected chi connectivity index (χ3v) is 6.50. The lowest BCUT2D eigenvalue weighted by atomic mass is 10.2. The summed E-state index contributed by atoms with van der Waals surface area (Å²) >= 11 is 0. The fourth-order valence-corrected chi connectivity index (χ4v) is 4.37. The Morgan fingerprint density at radius 2 is 1.91 bits per heavy atom. The maximum atomic E-state index is 13.2. The first kappa shape index (κ1) is 15.4. The first-order chi connectivity index (χ1) is 10.4. The van der Waals surface area contributed by atoms with E-state index in [-0.39, 0.29) is 16.9 Å². The molecular weight excluding hydrogens is 309 g/mol. The van der Waals surface area contributed by atoms with Crippen molar-refractivity contribution in [3.8, 4) is 0 Å². The van der Waals surface area contributed by atoms with Crippen molar-refractivity contribution in [3.63, 3.8) is 0 Å². The Morgan fingerprint density at radius 1 is 1.27 bits per heavy atom. The molecule has 1 saturated carbocycles. The highest BCUT2D eigenvalue weighted by atomic mass is 32.2. The number of hydrogen-bond acceptors (Lipinski definition) is 4. The van der Waals surface area contributed by atoms with Crippen LogP contribution in [-0.2, 0) is 10.0 Å². The van der Waals surface area contributed by atoms with Crippen molar-refractivity contribution in [2.45, 2.75) is 25.0 Å². The van der Waals surface area contributed by atoms with Crippen LogP contribution in [0.4, 0.5) is 4.39 Å². The van der Waals surface area contributed by atoms with E-state index in [2.05, 4.69) is 4.98 Å². The zero-order valence-electron chi connectivity index (χ0n) is 12.3. The van der Waals surface area contributed by atoms with Crippen LogP contribution in [0, 0.1) is 12.7 Å². The number of sulfonamides is 1. The van der Waals surface area contributed by atoms with Crippen molar-refractivity contribution in [2.75, 3.05) is 26.2 Å². The van der Waals surface area contributed by atoms with Gasteiger partial charge in [0.2, 0.25) is 10.0 Å². The summed E-state index contributed by atoms with van der Waals surface area (Å²) in [5.41, 5.74) is 0.561. The molecule has 0 aromatic carbocycles. The lowest BCUT2D eigenvalue weighted by molar-refractivity contribution is 0.0691. The summed E-state index contributed by atoms with van der Waals surface area (Å²) in [5, 5.41) is -0.226. The molecule has 120 valence electrons. The smallest absolute Gasteiger partial charge is 0.272 e. The molecule has 1 aromatic rings. The van der Waals surface area contributed by atoms with Gasteiger partial charge in [0, 0.05) is 26.2 Å². The van der Waals surface area contributed by atoms with E-state index >= 15 is 0 Å². The molecule has 1 saturated heterocycles. The van der Waals surface area contributed by atoms with Crippen LogP contribution in [-0.4, -0.2) is 59.9 Å². The molecular formula is C14H18FN3O3S. The summed E-state index contributed by atoms with van der Waals surface area (Å²) in [4.78, 5) is 17.7. The molecule has 1 aromatic heterocycles. The molecule has 0 atom stereocenters. The maximum Gasteiger partial charge on any atom is 0.272 e. The fraction of sp³-hybridized carbons (Fsp3) is 0.571. The van der Waals surface area contributed by atoms with E-state index in [4.69, 9.17) is 0 Å². The minimum Gasteiger partial charge on any atom is -0.335 e. The molecule has 1 aliphatic carbocycles. The summed E-state index contributed by atoms with van der Waals surface area (Å²) in [5.74, 6) is -0.733. The standard InChI is InChI=1S/C14H18FN3O3S/c1-10-8-13(16-9-12(10)15)14(19)17-4-6-18(7-5-17)22(20,21)11-2-3-11/h8-9,11H,2-7H2,1H3. The number of amides is 1. The van der Waals surface area contributed by atoms with Gasteiger partial charge in [-0.1, -0.05) is 0 Å². The molecule has 8 heteroatoms. The van der Waals surface area contributed by atoms with Gasteiger partial charge in [0.25, 0.3) is 5.91 Å². The largest absolute Gasteiger partial charge is 0.335 e. The minimum absolute atomic E-state index is 0.192. The Morgan fingerprint density at radius 3 is 2.45 bits per heavy atom. The van der Waals surface area contributed by atoms with E-state index in [1.165, 1.54) is 10.4 Å². The molecule has 3 rings (SSSR count). The average molecular weight is 327 g/mol. The third kappa shape index (κ3) is 2.85. The van der Waals surface area contributed by atoms with Gasteiger partial charge in [-0.05, 0) is 31.4 Å². The normalized spacial score (nSPS) is 20.2. The lowest BCUT2D eigenvalue weighted by Crippen LogP contribution is -2.51. The third-order valence-electron chi connectivity index (χ3n) is 4.10. The van der Waals surface area contributed by atoms with Crippen LogP contribution < -0.4 is 0 Å². The molecule has 6 nitrogen and oxygen atoms in total. The average Bonchev–Trinajstić information content (AvgIpc) is 3.35. The molecule has 2 aliphatic rings. The Balaban J connectivity index is 1.65. The number of carbonyl (C=O) groups is 1. The van der Waals surface area contributed by atoms with Crippen molar-refractivity contribution < 1.29 is 17.6 Å². The van der Waals surface area contributed by atoms with E-state index in [0.717, 1.165) is 19.0 Å². The van der Waals surface area contributed by atoms with Crippen molar-refractivity contribution in [3.05, 3.63) is 29.3 Å². The van der Waals surface area contributed by atoms with Crippen molar-refractivity contribution in [1.29, 1.82) is 0 Å². The molecule has 1 amide bonds. The second kappa shape index (κ2) is 5.58. The van der Waals surface area contributed by atoms with E-state index < -0.39 is 15.8 Å². The number of nitrogens with zero attached hydrogens (tertiary/aromatic N) is 3. The lowest BCUT2D eigenvalue weighted by Gasteiger charge is -2.33. The molecule has 0 spiro atoms. The van der Waals surface area contributed by atoms with Gasteiger partial charge in [-0.3, -0.25) is 4.79 Å². The monoisotopic (exact) mass is 327 g/mol. The molecule has 22 heavy (non-hydrogen) atoms. The molecule has 0 unspecified atom stereocenters. The Hall–Kier alpha value is -1.54. The first-order valence-electron chi connectivity index (χ1n) is 7.30. The Kier molecular flexibility index (Phi) is 3.90. The van der Waals surface area contributed by atoms with Gasteiger partial charge in [-0.2, -0.15) is 4.31 Å². The number of rotatable bonds is 3. The number of hydrogen-bond donors (Lipinski definition) is 0. The van der Waals surface area contributed by atoms with Gasteiger partial charge >= 0.3 is 0 Å².